The van der Waals surface area contributed by atoms with Crippen LogP contribution in [-0.2, 0) is 6.54 Å². The zero-order valence-corrected chi connectivity index (χ0v) is 13.3. The van der Waals surface area contributed by atoms with Crippen molar-refractivity contribution < 1.29 is 0 Å². The molecule has 3 rings (SSSR count). The van der Waals surface area contributed by atoms with Crippen LogP contribution in [0, 0.1) is 0 Å². The Hall–Kier alpha value is -1.02. The van der Waals surface area contributed by atoms with E-state index in [4.69, 9.17) is 0 Å². The summed E-state index contributed by atoms with van der Waals surface area (Å²) in [6.45, 7) is 3.69. The summed E-state index contributed by atoms with van der Waals surface area (Å²) in [5.41, 5.74) is 2.77. The van der Waals surface area contributed by atoms with Crippen molar-refractivity contribution in [3.05, 3.63) is 29.8 Å². The van der Waals surface area contributed by atoms with Gasteiger partial charge in [0.1, 0.15) is 0 Å². The lowest BCUT2D eigenvalue weighted by Gasteiger charge is -2.22. The minimum Gasteiger partial charge on any atom is -0.382 e. The fourth-order valence-corrected chi connectivity index (χ4v) is 3.74. The second kappa shape index (κ2) is 7.84. The molecule has 1 saturated heterocycles. The average Bonchev–Trinajstić information content (AvgIpc) is 2.97. The van der Waals surface area contributed by atoms with E-state index in [1.165, 1.54) is 82.1 Å². The Morgan fingerprint density at radius 3 is 2.10 bits per heavy atom. The van der Waals surface area contributed by atoms with Crippen molar-refractivity contribution in [3.8, 4) is 0 Å². The van der Waals surface area contributed by atoms with Crippen molar-refractivity contribution in [2.45, 2.75) is 70.4 Å². The number of benzene rings is 1. The Kier molecular flexibility index (Phi) is 5.56. The summed E-state index contributed by atoms with van der Waals surface area (Å²) in [4.78, 5) is 2.57. The lowest BCUT2D eigenvalue weighted by molar-refractivity contribution is 0.331. The molecule has 2 heteroatoms. The maximum Gasteiger partial charge on any atom is 0.0342 e. The molecule has 1 saturated carbocycles. The van der Waals surface area contributed by atoms with Gasteiger partial charge in [-0.15, -0.1) is 0 Å². The standard InChI is InChI=1S/C19H30N2/c1-2-4-8-18(9-5-3-1)20-19-12-10-17(11-13-19)16-21-14-6-7-15-21/h10-13,18,20H,1-9,14-16H2. The second-order valence-electron chi connectivity index (χ2n) is 6.87. The highest BCUT2D eigenvalue weighted by atomic mass is 15.1. The SMILES string of the molecule is c1cc(NC2CCCCCCC2)ccc1CN1CCCC1. The van der Waals surface area contributed by atoms with Crippen LogP contribution in [0.15, 0.2) is 24.3 Å². The fourth-order valence-electron chi connectivity index (χ4n) is 3.74. The molecule has 1 N–H and O–H groups in total. The Morgan fingerprint density at radius 1 is 0.810 bits per heavy atom. The molecular formula is C19H30N2. The van der Waals surface area contributed by atoms with E-state index in [1.807, 2.05) is 0 Å². The molecule has 0 atom stereocenters. The first-order chi connectivity index (χ1) is 10.4. The van der Waals surface area contributed by atoms with Crippen molar-refractivity contribution in [1.82, 2.24) is 4.90 Å². The number of rotatable bonds is 4. The second-order valence-corrected chi connectivity index (χ2v) is 6.87. The molecular weight excluding hydrogens is 256 g/mol. The molecule has 21 heavy (non-hydrogen) atoms. The molecule has 0 spiro atoms. The summed E-state index contributed by atoms with van der Waals surface area (Å²) < 4.78 is 0. The monoisotopic (exact) mass is 286 g/mol. The molecule has 2 nitrogen and oxygen atoms in total. The van der Waals surface area contributed by atoms with Crippen LogP contribution in [0.5, 0.6) is 0 Å². The maximum absolute atomic E-state index is 3.76. The van der Waals surface area contributed by atoms with E-state index in [2.05, 4.69) is 34.5 Å². The predicted octanol–water partition coefficient (Wildman–Crippen LogP) is 4.81. The first-order valence-corrected chi connectivity index (χ1v) is 8.98. The maximum atomic E-state index is 3.76. The first-order valence-electron chi connectivity index (χ1n) is 8.98. The van der Waals surface area contributed by atoms with Crippen LogP contribution in [-0.4, -0.2) is 24.0 Å². The Balaban J connectivity index is 1.50. The third-order valence-corrected chi connectivity index (χ3v) is 5.03. The lowest BCUT2D eigenvalue weighted by Crippen LogP contribution is -2.20. The highest BCUT2D eigenvalue weighted by Crippen LogP contribution is 2.21. The molecule has 1 aliphatic carbocycles. The van der Waals surface area contributed by atoms with Gasteiger partial charge in [0.05, 0.1) is 0 Å². The van der Waals surface area contributed by atoms with Gasteiger partial charge in [-0.3, -0.25) is 4.90 Å². The molecule has 1 aromatic carbocycles. The van der Waals surface area contributed by atoms with Gasteiger partial charge in [0.25, 0.3) is 0 Å². The number of hydrogen-bond donors (Lipinski definition) is 1. The van der Waals surface area contributed by atoms with Gasteiger partial charge in [-0.25, -0.2) is 0 Å². The highest BCUT2D eigenvalue weighted by molar-refractivity contribution is 5.45. The third kappa shape index (κ3) is 4.74. The lowest BCUT2D eigenvalue weighted by atomic mass is 9.96. The van der Waals surface area contributed by atoms with E-state index in [-0.39, 0.29) is 0 Å². The third-order valence-electron chi connectivity index (χ3n) is 5.03. The molecule has 0 amide bonds. The van der Waals surface area contributed by atoms with Crippen LogP contribution >= 0.6 is 0 Å². The number of anilines is 1. The molecule has 2 aliphatic rings. The largest absolute Gasteiger partial charge is 0.382 e. The van der Waals surface area contributed by atoms with E-state index in [0.29, 0.717) is 6.04 Å². The average molecular weight is 286 g/mol. The van der Waals surface area contributed by atoms with Crippen LogP contribution in [0.2, 0.25) is 0 Å². The minimum atomic E-state index is 0.690. The van der Waals surface area contributed by atoms with Crippen molar-refractivity contribution in [2.75, 3.05) is 18.4 Å². The summed E-state index contributed by atoms with van der Waals surface area (Å²) in [6.07, 6.45) is 12.5. The molecule has 1 aliphatic heterocycles. The van der Waals surface area contributed by atoms with Crippen LogP contribution in [0.25, 0.3) is 0 Å². The van der Waals surface area contributed by atoms with E-state index >= 15 is 0 Å². The fraction of sp³-hybridized carbons (Fsp3) is 0.684. The number of nitrogens with zero attached hydrogens (tertiary/aromatic N) is 1. The molecule has 0 unspecified atom stereocenters. The Bertz CT molecular complexity index is 398. The smallest absolute Gasteiger partial charge is 0.0342 e. The van der Waals surface area contributed by atoms with Gasteiger partial charge in [0.15, 0.2) is 0 Å². The molecule has 0 aromatic heterocycles. The zero-order chi connectivity index (χ0) is 14.3. The van der Waals surface area contributed by atoms with Gasteiger partial charge in [-0.2, -0.15) is 0 Å². The van der Waals surface area contributed by atoms with Crippen LogP contribution in [0.1, 0.15) is 63.4 Å². The zero-order valence-electron chi connectivity index (χ0n) is 13.3. The molecule has 1 heterocycles. The molecule has 0 radical (unpaired) electrons. The highest BCUT2D eigenvalue weighted by Gasteiger charge is 2.13. The summed E-state index contributed by atoms with van der Waals surface area (Å²) in [7, 11) is 0. The van der Waals surface area contributed by atoms with Crippen LogP contribution < -0.4 is 5.32 Å². The first kappa shape index (κ1) is 14.9. The number of hydrogen-bond acceptors (Lipinski definition) is 2. The molecule has 0 bridgehead atoms. The summed E-state index contributed by atoms with van der Waals surface area (Å²) in [5.74, 6) is 0. The van der Waals surface area contributed by atoms with Gasteiger partial charge < -0.3 is 5.32 Å². The quantitative estimate of drug-likeness (QED) is 0.854. The normalized spacial score (nSPS) is 21.9. The number of nitrogens with one attached hydrogen (secondary N) is 1. The van der Waals surface area contributed by atoms with E-state index < -0.39 is 0 Å². The van der Waals surface area contributed by atoms with E-state index in [1.54, 1.807) is 0 Å². The van der Waals surface area contributed by atoms with Crippen molar-refractivity contribution in [3.63, 3.8) is 0 Å². The van der Waals surface area contributed by atoms with E-state index in [0.717, 1.165) is 6.54 Å². The van der Waals surface area contributed by atoms with Crippen molar-refractivity contribution in [1.29, 1.82) is 0 Å². The van der Waals surface area contributed by atoms with Crippen LogP contribution in [0.4, 0.5) is 5.69 Å². The summed E-state index contributed by atoms with van der Waals surface area (Å²) in [5, 5.41) is 3.76. The van der Waals surface area contributed by atoms with E-state index in [9.17, 15) is 0 Å². The number of likely N-dealkylation sites (tertiary alicyclic amines) is 1. The minimum absolute atomic E-state index is 0.690. The van der Waals surface area contributed by atoms with Crippen molar-refractivity contribution >= 4 is 5.69 Å². The Morgan fingerprint density at radius 2 is 1.43 bits per heavy atom. The Labute approximate surface area is 129 Å². The molecule has 1 aromatic rings. The topological polar surface area (TPSA) is 15.3 Å². The summed E-state index contributed by atoms with van der Waals surface area (Å²) in [6, 6.07) is 9.87. The molecule has 116 valence electrons. The van der Waals surface area contributed by atoms with Gasteiger partial charge in [-0.05, 0) is 56.5 Å². The molecule has 2 fully saturated rings. The van der Waals surface area contributed by atoms with Gasteiger partial charge >= 0.3 is 0 Å². The van der Waals surface area contributed by atoms with Crippen LogP contribution in [0.3, 0.4) is 0 Å². The van der Waals surface area contributed by atoms with Gasteiger partial charge in [0, 0.05) is 18.3 Å². The van der Waals surface area contributed by atoms with Gasteiger partial charge in [-0.1, -0.05) is 44.2 Å². The summed E-state index contributed by atoms with van der Waals surface area (Å²) >= 11 is 0. The van der Waals surface area contributed by atoms with Crippen molar-refractivity contribution in [2.24, 2.45) is 0 Å². The van der Waals surface area contributed by atoms with Gasteiger partial charge in [0.2, 0.25) is 0 Å². The predicted molar refractivity (Wildman–Crippen MR) is 90.7 cm³/mol.